The monoisotopic (exact) mass is 207 g/mol. The second kappa shape index (κ2) is 4.79. The van der Waals surface area contributed by atoms with E-state index in [1.165, 1.54) is 49.2 Å². The van der Waals surface area contributed by atoms with Crippen LogP contribution >= 0.6 is 0 Å². The fourth-order valence-electron chi connectivity index (χ4n) is 2.26. The van der Waals surface area contributed by atoms with E-state index >= 15 is 0 Å². The molecule has 84 valence electrons. The zero-order valence-electron chi connectivity index (χ0n) is 9.77. The number of aromatic nitrogens is 2. The van der Waals surface area contributed by atoms with E-state index in [0.717, 1.165) is 12.5 Å². The van der Waals surface area contributed by atoms with Crippen LogP contribution in [0.15, 0.2) is 0 Å². The minimum absolute atomic E-state index is 0.718. The number of nitrogens with one attached hydrogen (secondary N) is 2. The molecule has 1 saturated heterocycles. The highest BCUT2D eigenvalue weighted by Crippen LogP contribution is 2.15. The van der Waals surface area contributed by atoms with Crippen LogP contribution in [0.3, 0.4) is 0 Å². The molecule has 1 aliphatic heterocycles. The SMILES string of the molecule is Cc1[nH]nc(CCC2CCCCN2)c1C. The van der Waals surface area contributed by atoms with Gasteiger partial charge in [-0.25, -0.2) is 0 Å². The Morgan fingerprint density at radius 1 is 1.33 bits per heavy atom. The van der Waals surface area contributed by atoms with E-state index in [-0.39, 0.29) is 0 Å². The number of rotatable bonds is 3. The van der Waals surface area contributed by atoms with E-state index in [1.54, 1.807) is 0 Å². The van der Waals surface area contributed by atoms with Gasteiger partial charge in [-0.1, -0.05) is 6.42 Å². The summed E-state index contributed by atoms with van der Waals surface area (Å²) in [6, 6.07) is 0.718. The number of H-pyrrole nitrogens is 1. The number of nitrogens with zero attached hydrogens (tertiary/aromatic N) is 1. The van der Waals surface area contributed by atoms with Crippen molar-refractivity contribution < 1.29 is 0 Å². The maximum Gasteiger partial charge on any atom is 0.0654 e. The topological polar surface area (TPSA) is 40.7 Å². The summed E-state index contributed by atoms with van der Waals surface area (Å²) in [5.74, 6) is 0. The Labute approximate surface area is 91.7 Å². The lowest BCUT2D eigenvalue weighted by Crippen LogP contribution is -2.34. The van der Waals surface area contributed by atoms with Crippen molar-refractivity contribution in [2.45, 2.75) is 52.0 Å². The predicted molar refractivity (Wildman–Crippen MR) is 62.0 cm³/mol. The van der Waals surface area contributed by atoms with Crippen molar-refractivity contribution in [3.63, 3.8) is 0 Å². The standard InChI is InChI=1S/C12H21N3/c1-9-10(2)14-15-12(9)7-6-11-5-3-4-8-13-11/h11,13H,3-8H2,1-2H3,(H,14,15). The summed E-state index contributed by atoms with van der Waals surface area (Å²) in [7, 11) is 0. The Kier molecular flexibility index (Phi) is 3.41. The molecule has 2 N–H and O–H groups in total. The number of aromatic amines is 1. The van der Waals surface area contributed by atoms with Gasteiger partial charge in [0.2, 0.25) is 0 Å². The molecule has 1 aromatic heterocycles. The van der Waals surface area contributed by atoms with E-state index < -0.39 is 0 Å². The molecule has 0 spiro atoms. The molecule has 1 aliphatic rings. The number of hydrogen-bond acceptors (Lipinski definition) is 2. The molecular weight excluding hydrogens is 186 g/mol. The molecule has 1 unspecified atom stereocenters. The maximum absolute atomic E-state index is 4.35. The molecular formula is C12H21N3. The molecule has 0 saturated carbocycles. The van der Waals surface area contributed by atoms with Gasteiger partial charge in [-0.2, -0.15) is 5.10 Å². The largest absolute Gasteiger partial charge is 0.314 e. The first-order chi connectivity index (χ1) is 7.27. The molecule has 1 aromatic rings. The molecule has 0 aromatic carbocycles. The maximum atomic E-state index is 4.35. The van der Waals surface area contributed by atoms with Gasteiger partial charge in [-0.05, 0) is 51.6 Å². The zero-order valence-corrected chi connectivity index (χ0v) is 9.77. The van der Waals surface area contributed by atoms with E-state index in [1.807, 2.05) is 0 Å². The summed E-state index contributed by atoms with van der Waals surface area (Å²) < 4.78 is 0. The molecule has 1 fully saturated rings. The van der Waals surface area contributed by atoms with Crippen LogP contribution in [0.25, 0.3) is 0 Å². The molecule has 1 atom stereocenters. The van der Waals surface area contributed by atoms with Crippen LogP contribution in [-0.4, -0.2) is 22.8 Å². The third-order valence-electron chi connectivity index (χ3n) is 3.50. The van der Waals surface area contributed by atoms with Crippen molar-refractivity contribution >= 4 is 0 Å². The van der Waals surface area contributed by atoms with E-state index in [9.17, 15) is 0 Å². The Morgan fingerprint density at radius 2 is 2.20 bits per heavy atom. The molecule has 0 radical (unpaired) electrons. The van der Waals surface area contributed by atoms with Gasteiger partial charge in [-0.3, -0.25) is 5.10 Å². The highest BCUT2D eigenvalue weighted by molar-refractivity contribution is 5.22. The van der Waals surface area contributed by atoms with Crippen molar-refractivity contribution in [1.29, 1.82) is 0 Å². The summed E-state index contributed by atoms with van der Waals surface area (Å²) in [6.07, 6.45) is 6.40. The predicted octanol–water partition coefficient (Wildman–Crippen LogP) is 2.10. The first-order valence-corrected chi connectivity index (χ1v) is 6.01. The van der Waals surface area contributed by atoms with Gasteiger partial charge in [-0.15, -0.1) is 0 Å². The highest BCUT2D eigenvalue weighted by atomic mass is 15.1. The lowest BCUT2D eigenvalue weighted by Gasteiger charge is -2.23. The lowest BCUT2D eigenvalue weighted by molar-refractivity contribution is 0.381. The summed E-state index contributed by atoms with van der Waals surface area (Å²) >= 11 is 0. The van der Waals surface area contributed by atoms with Crippen LogP contribution in [0.1, 0.15) is 42.6 Å². The smallest absolute Gasteiger partial charge is 0.0654 e. The number of aryl methyl sites for hydroxylation is 2. The quantitative estimate of drug-likeness (QED) is 0.797. The third kappa shape index (κ3) is 2.59. The molecule has 2 heterocycles. The van der Waals surface area contributed by atoms with Crippen molar-refractivity contribution in [1.82, 2.24) is 15.5 Å². The van der Waals surface area contributed by atoms with Gasteiger partial charge >= 0.3 is 0 Å². The normalized spacial score (nSPS) is 21.9. The van der Waals surface area contributed by atoms with Gasteiger partial charge in [0.1, 0.15) is 0 Å². The molecule has 3 nitrogen and oxygen atoms in total. The minimum Gasteiger partial charge on any atom is -0.314 e. The molecule has 0 amide bonds. The fraction of sp³-hybridized carbons (Fsp3) is 0.750. The van der Waals surface area contributed by atoms with Gasteiger partial charge in [0.25, 0.3) is 0 Å². The second-order valence-electron chi connectivity index (χ2n) is 4.61. The number of piperidine rings is 1. The lowest BCUT2D eigenvalue weighted by atomic mass is 9.99. The first kappa shape index (κ1) is 10.7. The van der Waals surface area contributed by atoms with Crippen LogP contribution in [-0.2, 0) is 6.42 Å². The van der Waals surface area contributed by atoms with Gasteiger partial charge in [0.05, 0.1) is 5.69 Å². The van der Waals surface area contributed by atoms with Crippen molar-refractivity contribution in [3.05, 3.63) is 17.0 Å². The van der Waals surface area contributed by atoms with E-state index in [4.69, 9.17) is 0 Å². The van der Waals surface area contributed by atoms with Crippen molar-refractivity contribution in [2.75, 3.05) is 6.54 Å². The van der Waals surface area contributed by atoms with Crippen LogP contribution < -0.4 is 5.32 Å². The van der Waals surface area contributed by atoms with E-state index in [2.05, 4.69) is 29.4 Å². The van der Waals surface area contributed by atoms with Crippen LogP contribution in [0.4, 0.5) is 0 Å². The summed E-state index contributed by atoms with van der Waals surface area (Å²) in [5.41, 5.74) is 3.80. The third-order valence-corrected chi connectivity index (χ3v) is 3.50. The summed E-state index contributed by atoms with van der Waals surface area (Å²) in [6.45, 7) is 5.44. The first-order valence-electron chi connectivity index (χ1n) is 6.01. The summed E-state index contributed by atoms with van der Waals surface area (Å²) in [4.78, 5) is 0. The van der Waals surface area contributed by atoms with Crippen molar-refractivity contribution in [2.24, 2.45) is 0 Å². The molecule has 2 rings (SSSR count). The van der Waals surface area contributed by atoms with Crippen LogP contribution in [0.2, 0.25) is 0 Å². The average Bonchev–Trinajstić information content (AvgIpc) is 2.59. The fourth-order valence-corrected chi connectivity index (χ4v) is 2.26. The average molecular weight is 207 g/mol. The Bertz CT molecular complexity index is 311. The Morgan fingerprint density at radius 3 is 2.80 bits per heavy atom. The second-order valence-corrected chi connectivity index (χ2v) is 4.61. The van der Waals surface area contributed by atoms with E-state index in [0.29, 0.717) is 0 Å². The molecule has 0 aliphatic carbocycles. The van der Waals surface area contributed by atoms with Crippen LogP contribution in [0, 0.1) is 13.8 Å². The zero-order chi connectivity index (χ0) is 10.7. The van der Waals surface area contributed by atoms with Gasteiger partial charge in [0, 0.05) is 11.7 Å². The highest BCUT2D eigenvalue weighted by Gasteiger charge is 2.13. The van der Waals surface area contributed by atoms with Gasteiger partial charge in [0.15, 0.2) is 0 Å². The minimum atomic E-state index is 0.718. The Hall–Kier alpha value is -0.830. The van der Waals surface area contributed by atoms with Crippen LogP contribution in [0.5, 0.6) is 0 Å². The van der Waals surface area contributed by atoms with Crippen molar-refractivity contribution in [3.8, 4) is 0 Å². The molecule has 3 heteroatoms. The number of hydrogen-bond donors (Lipinski definition) is 2. The molecule has 15 heavy (non-hydrogen) atoms. The Balaban J connectivity index is 1.84. The summed E-state index contributed by atoms with van der Waals surface area (Å²) in [5, 5.41) is 11.0. The molecule has 0 bridgehead atoms. The van der Waals surface area contributed by atoms with Gasteiger partial charge < -0.3 is 5.32 Å².